The van der Waals surface area contributed by atoms with Crippen molar-refractivity contribution >= 4 is 23.2 Å². The van der Waals surface area contributed by atoms with Gasteiger partial charge in [0.2, 0.25) is 5.79 Å². The van der Waals surface area contributed by atoms with Crippen LogP contribution in [0.1, 0.15) is 62.0 Å². The number of unbranched alkanes of at least 4 members (excludes halogenated alkanes) is 2. The number of aliphatic hydroxyl groups excluding tert-OH is 2. The molecule has 2 aromatic carbocycles. The van der Waals surface area contributed by atoms with Gasteiger partial charge >= 0.3 is 0 Å². The minimum absolute atomic E-state index is 0.0516. The van der Waals surface area contributed by atoms with Crippen LogP contribution in [0.5, 0.6) is 17.2 Å². The molecule has 1 aliphatic heterocycles. The van der Waals surface area contributed by atoms with Crippen molar-refractivity contribution in [1.82, 2.24) is 4.98 Å². The summed E-state index contributed by atoms with van der Waals surface area (Å²) >= 11 is 1.81. The zero-order valence-electron chi connectivity index (χ0n) is 30.2. The SMILES string of the molecule is C=CCOC12Oc3ccc(Oc4cccc([N+](=O)[O-])c4)cc3C3C(CCCCO)C(CCCCO)C=C(C(=NOC)CC1SCCc1ccncc1)C32. The Morgan fingerprint density at radius 2 is 1.85 bits per heavy atom. The summed E-state index contributed by atoms with van der Waals surface area (Å²) < 4.78 is 20.4. The molecule has 1 fully saturated rings. The predicted octanol–water partition coefficient (Wildman–Crippen LogP) is 8.02. The van der Waals surface area contributed by atoms with Crippen molar-refractivity contribution < 1.29 is 34.2 Å². The van der Waals surface area contributed by atoms with Gasteiger partial charge < -0.3 is 29.3 Å². The first-order chi connectivity index (χ1) is 25.9. The summed E-state index contributed by atoms with van der Waals surface area (Å²) in [5.41, 5.74) is 4.05. The summed E-state index contributed by atoms with van der Waals surface area (Å²) in [5, 5.41) is 35.6. The monoisotopic (exact) mass is 743 g/mol. The zero-order chi connectivity index (χ0) is 37.2. The lowest BCUT2D eigenvalue weighted by atomic mass is 9.56. The van der Waals surface area contributed by atoms with Crippen molar-refractivity contribution in [3.8, 4) is 17.2 Å². The smallest absolute Gasteiger partial charge is 0.273 e. The van der Waals surface area contributed by atoms with Crippen molar-refractivity contribution in [2.45, 2.75) is 68.3 Å². The number of benzene rings is 2. The van der Waals surface area contributed by atoms with Crippen molar-refractivity contribution in [1.29, 1.82) is 0 Å². The molecule has 2 N–H and O–H groups in total. The average Bonchev–Trinajstić information content (AvgIpc) is 3.17. The highest BCUT2D eigenvalue weighted by Gasteiger charge is 2.63. The number of nitro groups is 1. The van der Waals surface area contributed by atoms with E-state index in [0.29, 0.717) is 36.5 Å². The highest BCUT2D eigenvalue weighted by molar-refractivity contribution is 8.00. The van der Waals surface area contributed by atoms with Gasteiger partial charge in [-0.1, -0.05) is 36.2 Å². The molecule has 6 unspecified atom stereocenters. The number of fused-ring (bicyclic) bond motifs is 2. The summed E-state index contributed by atoms with van der Waals surface area (Å²) in [6.45, 7) is 4.53. The number of oxime groups is 1. The number of pyridine rings is 1. The maximum atomic E-state index is 11.5. The molecule has 2 heterocycles. The Kier molecular flexibility index (Phi) is 13.2. The zero-order valence-corrected chi connectivity index (χ0v) is 31.0. The van der Waals surface area contributed by atoms with Gasteiger partial charge in [0.15, 0.2) is 0 Å². The van der Waals surface area contributed by atoms with Crippen LogP contribution in [0.25, 0.3) is 0 Å². The van der Waals surface area contributed by atoms with E-state index in [2.05, 4.69) is 22.8 Å². The van der Waals surface area contributed by atoms with Crippen LogP contribution in [0.3, 0.4) is 0 Å². The van der Waals surface area contributed by atoms with E-state index in [-0.39, 0.29) is 54.4 Å². The maximum absolute atomic E-state index is 11.5. The number of nitrogens with zero attached hydrogens (tertiary/aromatic N) is 3. The Morgan fingerprint density at radius 3 is 2.58 bits per heavy atom. The number of aliphatic hydroxyl groups is 2. The fourth-order valence-corrected chi connectivity index (χ4v) is 9.72. The van der Waals surface area contributed by atoms with E-state index < -0.39 is 10.7 Å². The minimum Gasteiger partial charge on any atom is -0.460 e. The molecule has 3 aliphatic rings. The van der Waals surface area contributed by atoms with Gasteiger partial charge in [-0.15, -0.1) is 6.58 Å². The quantitative estimate of drug-likeness (QED) is 0.0536. The number of allylic oxidation sites excluding steroid dienone is 1. The number of aromatic nitrogens is 1. The third-order valence-electron chi connectivity index (χ3n) is 10.5. The molecule has 6 rings (SSSR count). The highest BCUT2D eigenvalue weighted by atomic mass is 32.2. The molecule has 11 nitrogen and oxygen atoms in total. The number of nitro benzene ring substituents is 1. The van der Waals surface area contributed by atoms with Crippen molar-refractivity contribution in [3.05, 3.63) is 113 Å². The Balaban J connectivity index is 1.49. The lowest BCUT2D eigenvalue weighted by Crippen LogP contribution is -2.64. The first kappa shape index (κ1) is 38.5. The van der Waals surface area contributed by atoms with E-state index in [1.165, 1.54) is 17.7 Å². The standard InChI is InChI=1S/C41H49N3O8S/c1-3-22-50-41-38(53-23-17-28-15-18-42-19-16-28)27-36(43-49-2)34-24-29(9-4-6-20-45)33(12-5-7-21-46)39(40(34)41)35-26-32(13-14-37(35)52-41)51-31-11-8-10-30(25-31)44(47)48/h3,8,10-11,13-16,18-19,24-26,29,33,38-40,45-46H,1,4-7,9,12,17,20-23,27H2,2H3. The number of non-ortho nitro benzene ring substituents is 1. The van der Waals surface area contributed by atoms with E-state index in [4.69, 9.17) is 19.0 Å². The molecule has 0 amide bonds. The normalized spacial score (nSPS) is 25.1. The summed E-state index contributed by atoms with van der Waals surface area (Å²) in [6, 6.07) is 16.0. The summed E-state index contributed by atoms with van der Waals surface area (Å²) in [6.07, 6.45) is 14.0. The molecule has 12 heteroatoms. The maximum Gasteiger partial charge on any atom is 0.273 e. The number of aryl methyl sites for hydroxylation is 1. The molecule has 3 aromatic rings. The summed E-state index contributed by atoms with van der Waals surface area (Å²) in [7, 11) is 1.58. The summed E-state index contributed by atoms with van der Waals surface area (Å²) in [4.78, 5) is 20.8. The molecule has 282 valence electrons. The molecule has 6 atom stereocenters. The van der Waals surface area contributed by atoms with Crippen LogP contribution in [0.2, 0.25) is 0 Å². The van der Waals surface area contributed by atoms with E-state index in [9.17, 15) is 20.3 Å². The second kappa shape index (κ2) is 18.2. The topological polar surface area (TPSA) is 146 Å². The van der Waals surface area contributed by atoms with E-state index >= 15 is 0 Å². The van der Waals surface area contributed by atoms with Gasteiger partial charge in [0.25, 0.3) is 5.69 Å². The fourth-order valence-electron chi connectivity index (χ4n) is 8.31. The van der Waals surface area contributed by atoms with Crippen LogP contribution in [0, 0.1) is 27.9 Å². The van der Waals surface area contributed by atoms with Gasteiger partial charge in [-0.25, -0.2) is 0 Å². The van der Waals surface area contributed by atoms with Gasteiger partial charge in [-0.3, -0.25) is 15.1 Å². The first-order valence-corrected chi connectivity index (χ1v) is 19.5. The Bertz CT molecular complexity index is 1770. The molecular weight excluding hydrogens is 695 g/mol. The molecular formula is C41H49N3O8S. The molecule has 2 aliphatic carbocycles. The van der Waals surface area contributed by atoms with Gasteiger partial charge in [0, 0.05) is 49.6 Å². The van der Waals surface area contributed by atoms with Crippen molar-refractivity contribution in [2.75, 3.05) is 32.7 Å². The number of hydrogen-bond donors (Lipinski definition) is 2. The van der Waals surface area contributed by atoms with Crippen molar-refractivity contribution in [2.24, 2.45) is 22.9 Å². The Labute approximate surface area is 315 Å². The number of ether oxygens (including phenoxy) is 3. The number of rotatable bonds is 19. The Morgan fingerprint density at radius 1 is 1.08 bits per heavy atom. The van der Waals surface area contributed by atoms with E-state index in [1.54, 1.807) is 25.3 Å². The van der Waals surface area contributed by atoms with Crippen molar-refractivity contribution in [3.63, 3.8) is 0 Å². The van der Waals surface area contributed by atoms with Crippen LogP contribution in [0.4, 0.5) is 5.69 Å². The summed E-state index contributed by atoms with van der Waals surface area (Å²) in [5.74, 6) is 1.29. The molecule has 0 saturated heterocycles. The van der Waals surface area contributed by atoms with E-state index in [0.717, 1.165) is 54.7 Å². The molecule has 1 saturated carbocycles. The molecule has 53 heavy (non-hydrogen) atoms. The van der Waals surface area contributed by atoms with Crippen LogP contribution in [-0.4, -0.2) is 69.6 Å². The molecule has 0 radical (unpaired) electrons. The van der Waals surface area contributed by atoms with Gasteiger partial charge in [0.1, 0.15) is 24.4 Å². The third-order valence-corrected chi connectivity index (χ3v) is 11.9. The molecule has 1 aromatic heterocycles. The number of thioether (sulfide) groups is 1. The highest BCUT2D eigenvalue weighted by Crippen LogP contribution is 2.62. The predicted molar refractivity (Wildman–Crippen MR) is 206 cm³/mol. The fraction of sp³-hybridized carbons (Fsp3) is 0.463. The Hall–Kier alpha value is -4.23. The van der Waals surface area contributed by atoms with Gasteiger partial charge in [-0.2, -0.15) is 11.8 Å². The lowest BCUT2D eigenvalue weighted by Gasteiger charge is -2.58. The lowest BCUT2D eigenvalue weighted by molar-refractivity contribution is -0.384. The van der Waals surface area contributed by atoms with Crippen LogP contribution in [-0.2, 0) is 16.0 Å². The van der Waals surface area contributed by atoms with Crippen LogP contribution < -0.4 is 9.47 Å². The first-order valence-electron chi connectivity index (χ1n) is 18.5. The number of hydrogen-bond acceptors (Lipinski definition) is 11. The van der Waals surface area contributed by atoms with Crippen LogP contribution in [0.15, 0.2) is 96.5 Å². The minimum atomic E-state index is -1.07. The third kappa shape index (κ3) is 8.62. The largest absolute Gasteiger partial charge is 0.460 e. The second-order valence-corrected chi connectivity index (χ2v) is 15.1. The molecule has 0 bridgehead atoms. The van der Waals surface area contributed by atoms with Crippen LogP contribution >= 0.6 is 11.8 Å². The van der Waals surface area contributed by atoms with E-state index in [1.807, 2.05) is 54.5 Å². The van der Waals surface area contributed by atoms with Gasteiger partial charge in [-0.05, 0) is 97.2 Å². The van der Waals surface area contributed by atoms with Gasteiger partial charge in [0.05, 0.1) is 34.5 Å². The second-order valence-electron chi connectivity index (χ2n) is 13.8. The molecule has 0 spiro atoms. The average molecular weight is 744 g/mol.